The second-order valence-electron chi connectivity index (χ2n) is 5.39. The second kappa shape index (κ2) is 4.28. The van der Waals surface area contributed by atoms with Crippen molar-refractivity contribution in [3.63, 3.8) is 0 Å². The van der Waals surface area contributed by atoms with Crippen LogP contribution in [-0.2, 0) is 0 Å². The summed E-state index contributed by atoms with van der Waals surface area (Å²) >= 11 is 1.59. The van der Waals surface area contributed by atoms with Gasteiger partial charge in [0.2, 0.25) is 0 Å². The number of hydrogen-bond acceptors (Lipinski definition) is 3. The number of fused-ring (bicyclic) bond motifs is 1. The molecule has 1 aromatic carbocycles. The molecule has 0 aliphatic heterocycles. The standard InChI is InChI=1S/C16H14N2OS/c1-9-7-13-15(19)17-14(18-16(13)20-9)12-8-11(12)10-5-3-2-4-6-10/h2-7,11-12H,8H2,1H3,(H,17,18,19)/t11-,12+/m0/s1. The lowest BCUT2D eigenvalue weighted by atomic mass is 10.1. The highest BCUT2D eigenvalue weighted by molar-refractivity contribution is 7.18. The average Bonchev–Trinajstić information content (AvgIpc) is 3.16. The van der Waals surface area contributed by atoms with E-state index in [1.807, 2.05) is 19.1 Å². The minimum atomic E-state index is -0.00642. The normalized spacial score (nSPS) is 21.2. The lowest BCUT2D eigenvalue weighted by molar-refractivity contribution is 0.900. The summed E-state index contributed by atoms with van der Waals surface area (Å²) in [6.45, 7) is 2.01. The van der Waals surface area contributed by atoms with Crippen molar-refractivity contribution in [2.45, 2.75) is 25.2 Å². The molecule has 4 heteroatoms. The van der Waals surface area contributed by atoms with Crippen LogP contribution >= 0.6 is 11.3 Å². The molecule has 0 unspecified atom stereocenters. The third-order valence-electron chi connectivity index (χ3n) is 3.91. The zero-order valence-electron chi connectivity index (χ0n) is 11.1. The molecule has 1 aliphatic rings. The van der Waals surface area contributed by atoms with Crippen molar-refractivity contribution in [1.82, 2.24) is 9.97 Å². The molecule has 1 aliphatic carbocycles. The first-order valence-corrected chi connectivity index (χ1v) is 7.59. The van der Waals surface area contributed by atoms with E-state index in [9.17, 15) is 4.79 Å². The molecule has 1 N–H and O–H groups in total. The number of benzene rings is 1. The Morgan fingerprint density at radius 1 is 1.25 bits per heavy atom. The van der Waals surface area contributed by atoms with Crippen molar-refractivity contribution in [2.24, 2.45) is 0 Å². The van der Waals surface area contributed by atoms with Gasteiger partial charge in [-0.25, -0.2) is 4.98 Å². The monoisotopic (exact) mass is 282 g/mol. The molecule has 0 spiro atoms. The molecule has 20 heavy (non-hydrogen) atoms. The highest BCUT2D eigenvalue weighted by Crippen LogP contribution is 2.53. The van der Waals surface area contributed by atoms with Gasteiger partial charge in [0.15, 0.2) is 0 Å². The predicted molar refractivity (Wildman–Crippen MR) is 81.5 cm³/mol. The summed E-state index contributed by atoms with van der Waals surface area (Å²) in [6.07, 6.45) is 1.07. The topological polar surface area (TPSA) is 45.8 Å². The Bertz CT molecular complexity index is 835. The largest absolute Gasteiger partial charge is 0.310 e. The van der Waals surface area contributed by atoms with Crippen LogP contribution in [0.4, 0.5) is 0 Å². The molecular formula is C16H14N2OS. The number of hydrogen-bond donors (Lipinski definition) is 1. The van der Waals surface area contributed by atoms with Crippen LogP contribution in [0.3, 0.4) is 0 Å². The van der Waals surface area contributed by atoms with Crippen LogP contribution in [0.1, 0.15) is 34.5 Å². The van der Waals surface area contributed by atoms with Crippen LogP contribution in [0.25, 0.3) is 10.2 Å². The molecule has 3 nitrogen and oxygen atoms in total. The summed E-state index contributed by atoms with van der Waals surface area (Å²) in [4.78, 5) is 21.7. The smallest absolute Gasteiger partial charge is 0.259 e. The molecule has 2 heterocycles. The van der Waals surface area contributed by atoms with Crippen LogP contribution in [0, 0.1) is 6.92 Å². The summed E-state index contributed by atoms with van der Waals surface area (Å²) < 4.78 is 0. The second-order valence-corrected chi connectivity index (χ2v) is 6.62. The molecule has 4 rings (SSSR count). The first-order chi connectivity index (χ1) is 9.72. The number of aryl methyl sites for hydroxylation is 1. The van der Waals surface area contributed by atoms with E-state index >= 15 is 0 Å². The van der Waals surface area contributed by atoms with E-state index in [0.717, 1.165) is 22.0 Å². The van der Waals surface area contributed by atoms with E-state index in [2.05, 4.69) is 34.2 Å². The molecule has 0 bridgehead atoms. The zero-order valence-corrected chi connectivity index (χ0v) is 11.9. The van der Waals surface area contributed by atoms with E-state index in [4.69, 9.17) is 0 Å². The zero-order chi connectivity index (χ0) is 13.7. The van der Waals surface area contributed by atoms with E-state index in [0.29, 0.717) is 17.2 Å². The van der Waals surface area contributed by atoms with E-state index < -0.39 is 0 Å². The van der Waals surface area contributed by atoms with Gasteiger partial charge < -0.3 is 4.98 Å². The van der Waals surface area contributed by atoms with Gasteiger partial charge in [0.1, 0.15) is 10.7 Å². The summed E-state index contributed by atoms with van der Waals surface area (Å²) in [7, 11) is 0. The lowest BCUT2D eigenvalue weighted by Gasteiger charge is -2.01. The first-order valence-electron chi connectivity index (χ1n) is 6.77. The maximum Gasteiger partial charge on any atom is 0.259 e. The molecule has 3 aromatic rings. The highest BCUT2D eigenvalue weighted by atomic mass is 32.1. The predicted octanol–water partition coefficient (Wildman–Crippen LogP) is 3.56. The van der Waals surface area contributed by atoms with Gasteiger partial charge in [0.25, 0.3) is 5.56 Å². The Hall–Kier alpha value is -1.94. The lowest BCUT2D eigenvalue weighted by Crippen LogP contribution is -2.10. The van der Waals surface area contributed by atoms with Gasteiger partial charge in [-0.2, -0.15) is 0 Å². The van der Waals surface area contributed by atoms with Crippen LogP contribution < -0.4 is 5.56 Å². The SMILES string of the molecule is Cc1cc2c(=O)[nH]c([C@@H]3C[C@H]3c3ccccc3)nc2s1. The fourth-order valence-electron chi connectivity index (χ4n) is 2.81. The Morgan fingerprint density at radius 2 is 2.05 bits per heavy atom. The Labute approximate surface area is 120 Å². The average molecular weight is 282 g/mol. The third-order valence-corrected chi connectivity index (χ3v) is 4.86. The van der Waals surface area contributed by atoms with Crippen LogP contribution in [0.2, 0.25) is 0 Å². The maximum atomic E-state index is 12.1. The van der Waals surface area contributed by atoms with Crippen molar-refractivity contribution in [3.8, 4) is 0 Å². The molecule has 0 saturated heterocycles. The summed E-state index contributed by atoms with van der Waals surface area (Å²) in [5.41, 5.74) is 1.33. The minimum absolute atomic E-state index is 0.00642. The third kappa shape index (κ3) is 1.88. The van der Waals surface area contributed by atoms with Gasteiger partial charge in [-0.15, -0.1) is 11.3 Å². The summed E-state index contributed by atoms with van der Waals surface area (Å²) in [5, 5.41) is 0.716. The van der Waals surface area contributed by atoms with Crippen molar-refractivity contribution in [2.75, 3.05) is 0 Å². The molecule has 0 amide bonds. The van der Waals surface area contributed by atoms with Gasteiger partial charge in [-0.3, -0.25) is 4.79 Å². The van der Waals surface area contributed by atoms with Gasteiger partial charge in [0, 0.05) is 10.8 Å². The van der Waals surface area contributed by atoms with Gasteiger partial charge in [-0.1, -0.05) is 30.3 Å². The molecule has 2 aromatic heterocycles. The molecule has 2 atom stereocenters. The molecule has 100 valence electrons. The maximum absolute atomic E-state index is 12.1. The van der Waals surface area contributed by atoms with E-state index in [1.54, 1.807) is 11.3 Å². The van der Waals surface area contributed by atoms with Crippen LogP contribution in [0.5, 0.6) is 0 Å². The van der Waals surface area contributed by atoms with Crippen molar-refractivity contribution < 1.29 is 0 Å². The Kier molecular flexibility index (Phi) is 2.54. The minimum Gasteiger partial charge on any atom is -0.310 e. The van der Waals surface area contributed by atoms with E-state index in [1.165, 1.54) is 5.56 Å². The highest BCUT2D eigenvalue weighted by Gasteiger charge is 2.41. The fourth-order valence-corrected chi connectivity index (χ4v) is 3.70. The number of nitrogens with one attached hydrogen (secondary N) is 1. The van der Waals surface area contributed by atoms with Crippen molar-refractivity contribution in [1.29, 1.82) is 0 Å². The van der Waals surface area contributed by atoms with E-state index in [-0.39, 0.29) is 5.56 Å². The van der Waals surface area contributed by atoms with Crippen LogP contribution in [-0.4, -0.2) is 9.97 Å². The molecule has 1 fully saturated rings. The van der Waals surface area contributed by atoms with Gasteiger partial charge in [-0.05, 0) is 30.9 Å². The molecular weight excluding hydrogens is 268 g/mol. The van der Waals surface area contributed by atoms with Gasteiger partial charge in [0.05, 0.1) is 5.39 Å². The number of nitrogens with zero attached hydrogens (tertiary/aromatic N) is 1. The fraction of sp³-hybridized carbons (Fsp3) is 0.250. The number of rotatable bonds is 2. The number of thiophene rings is 1. The Morgan fingerprint density at radius 3 is 2.85 bits per heavy atom. The van der Waals surface area contributed by atoms with Crippen molar-refractivity contribution in [3.05, 3.63) is 63.0 Å². The quantitative estimate of drug-likeness (QED) is 0.781. The van der Waals surface area contributed by atoms with Crippen molar-refractivity contribution >= 4 is 21.6 Å². The van der Waals surface area contributed by atoms with Gasteiger partial charge >= 0.3 is 0 Å². The number of aromatic amines is 1. The number of aromatic nitrogens is 2. The first kappa shape index (κ1) is 11.9. The van der Waals surface area contributed by atoms with Crippen LogP contribution in [0.15, 0.2) is 41.2 Å². The summed E-state index contributed by atoms with van der Waals surface area (Å²) in [5.74, 6) is 1.70. The molecule has 0 radical (unpaired) electrons. The summed E-state index contributed by atoms with van der Waals surface area (Å²) in [6, 6.07) is 12.4. The Balaban J connectivity index is 1.72. The molecule has 1 saturated carbocycles. The number of H-pyrrole nitrogens is 1.